The zero-order chi connectivity index (χ0) is 12.0. The van der Waals surface area contributed by atoms with Crippen molar-refractivity contribution < 1.29 is 22.6 Å². The second kappa shape index (κ2) is 6.42. The van der Waals surface area contributed by atoms with E-state index in [1.54, 1.807) is 7.05 Å². The number of hydrogen-bond donors (Lipinski definition) is 1. The van der Waals surface area contributed by atoms with Crippen LogP contribution in [0.1, 0.15) is 12.8 Å². The van der Waals surface area contributed by atoms with Crippen LogP contribution < -0.4 is 5.32 Å². The highest BCUT2D eigenvalue weighted by atomic mass is 19.4. The molecule has 1 rings (SSSR count). The average Bonchev–Trinajstić information content (AvgIpc) is 2.24. The molecule has 16 heavy (non-hydrogen) atoms. The van der Waals surface area contributed by atoms with Crippen molar-refractivity contribution in [1.29, 1.82) is 0 Å². The lowest BCUT2D eigenvalue weighted by molar-refractivity contribution is -0.176. The van der Waals surface area contributed by atoms with Crippen molar-refractivity contribution in [2.75, 3.05) is 33.5 Å². The molecule has 1 N–H and O–H groups in total. The van der Waals surface area contributed by atoms with Crippen LogP contribution in [0.15, 0.2) is 0 Å². The molecule has 0 bridgehead atoms. The molecule has 0 radical (unpaired) electrons. The number of hydrogen-bond acceptors (Lipinski definition) is 3. The average molecular weight is 241 g/mol. The van der Waals surface area contributed by atoms with E-state index in [0.717, 1.165) is 12.8 Å². The van der Waals surface area contributed by atoms with E-state index in [9.17, 15) is 13.2 Å². The predicted octanol–water partition coefficient (Wildman–Crippen LogP) is 1.58. The number of ether oxygens (including phenoxy) is 2. The fourth-order valence-corrected chi connectivity index (χ4v) is 1.87. The Balaban J connectivity index is 2.25. The minimum absolute atomic E-state index is 0.0220. The van der Waals surface area contributed by atoms with E-state index >= 15 is 0 Å². The number of rotatable bonds is 5. The minimum Gasteiger partial charge on any atom is -0.381 e. The molecular weight excluding hydrogens is 223 g/mol. The Labute approximate surface area is 93.3 Å². The summed E-state index contributed by atoms with van der Waals surface area (Å²) < 4.78 is 45.5. The summed E-state index contributed by atoms with van der Waals surface area (Å²) >= 11 is 0. The number of halogens is 3. The zero-order valence-corrected chi connectivity index (χ0v) is 9.35. The normalized spacial score (nSPS) is 21.0. The fraction of sp³-hybridized carbons (Fsp3) is 1.00. The highest BCUT2D eigenvalue weighted by Crippen LogP contribution is 2.20. The van der Waals surface area contributed by atoms with Gasteiger partial charge in [-0.05, 0) is 25.8 Å². The Morgan fingerprint density at radius 1 is 1.38 bits per heavy atom. The molecule has 1 heterocycles. The standard InChI is InChI=1S/C10H18F3NO2/c1-14-9(6-16-7-10(11,12)13)8-2-4-15-5-3-8/h8-9,14H,2-7H2,1H3. The molecule has 0 aromatic carbocycles. The minimum atomic E-state index is -4.24. The van der Waals surface area contributed by atoms with Gasteiger partial charge in [0.05, 0.1) is 6.61 Å². The van der Waals surface area contributed by atoms with E-state index in [0.29, 0.717) is 19.1 Å². The second-order valence-corrected chi connectivity index (χ2v) is 3.98. The van der Waals surface area contributed by atoms with Crippen LogP contribution >= 0.6 is 0 Å². The van der Waals surface area contributed by atoms with Crippen molar-refractivity contribution in [3.8, 4) is 0 Å². The van der Waals surface area contributed by atoms with Gasteiger partial charge in [0.2, 0.25) is 0 Å². The Bertz CT molecular complexity index is 193. The van der Waals surface area contributed by atoms with Crippen molar-refractivity contribution in [2.45, 2.75) is 25.1 Å². The van der Waals surface area contributed by atoms with Crippen molar-refractivity contribution in [2.24, 2.45) is 5.92 Å². The predicted molar refractivity (Wildman–Crippen MR) is 53.3 cm³/mol. The lowest BCUT2D eigenvalue weighted by Gasteiger charge is -2.30. The molecule has 1 aliphatic rings. The van der Waals surface area contributed by atoms with E-state index in [1.807, 2.05) is 0 Å². The largest absolute Gasteiger partial charge is 0.411 e. The molecule has 3 nitrogen and oxygen atoms in total. The van der Waals surface area contributed by atoms with Crippen LogP contribution in [-0.4, -0.2) is 45.7 Å². The van der Waals surface area contributed by atoms with Crippen LogP contribution in [0.25, 0.3) is 0 Å². The van der Waals surface area contributed by atoms with Gasteiger partial charge in [0.15, 0.2) is 0 Å². The SMILES string of the molecule is CNC(COCC(F)(F)F)C1CCOCC1. The molecule has 1 atom stereocenters. The molecule has 96 valence electrons. The van der Waals surface area contributed by atoms with Crippen LogP contribution in [0.3, 0.4) is 0 Å². The highest BCUT2D eigenvalue weighted by Gasteiger charge is 2.29. The molecule has 1 aliphatic heterocycles. The Morgan fingerprint density at radius 3 is 2.50 bits per heavy atom. The first-order chi connectivity index (χ1) is 7.53. The Hall–Kier alpha value is -0.330. The number of likely N-dealkylation sites (N-methyl/N-ethyl adjacent to an activating group) is 1. The van der Waals surface area contributed by atoms with Gasteiger partial charge in [-0.15, -0.1) is 0 Å². The van der Waals surface area contributed by atoms with Crippen molar-refractivity contribution in [1.82, 2.24) is 5.32 Å². The van der Waals surface area contributed by atoms with Gasteiger partial charge in [0, 0.05) is 19.3 Å². The molecule has 0 amide bonds. The molecular formula is C10H18F3NO2. The maximum Gasteiger partial charge on any atom is 0.411 e. The van der Waals surface area contributed by atoms with Crippen molar-refractivity contribution in [3.05, 3.63) is 0 Å². The molecule has 0 aromatic rings. The molecule has 6 heteroatoms. The molecule has 0 saturated carbocycles. The highest BCUT2D eigenvalue weighted by molar-refractivity contribution is 4.77. The van der Waals surface area contributed by atoms with Crippen LogP contribution in [-0.2, 0) is 9.47 Å². The van der Waals surface area contributed by atoms with Gasteiger partial charge >= 0.3 is 6.18 Å². The lowest BCUT2D eigenvalue weighted by Crippen LogP contribution is -2.41. The summed E-state index contributed by atoms with van der Waals surface area (Å²) in [6.07, 6.45) is -2.49. The van der Waals surface area contributed by atoms with E-state index in [-0.39, 0.29) is 12.6 Å². The fourth-order valence-electron chi connectivity index (χ4n) is 1.87. The van der Waals surface area contributed by atoms with Gasteiger partial charge in [-0.3, -0.25) is 0 Å². The van der Waals surface area contributed by atoms with Crippen molar-refractivity contribution in [3.63, 3.8) is 0 Å². The first-order valence-corrected chi connectivity index (χ1v) is 5.42. The Morgan fingerprint density at radius 2 is 2.00 bits per heavy atom. The number of nitrogens with one attached hydrogen (secondary N) is 1. The van der Waals surface area contributed by atoms with Crippen LogP contribution in [0.5, 0.6) is 0 Å². The monoisotopic (exact) mass is 241 g/mol. The summed E-state index contributed by atoms with van der Waals surface area (Å²) in [4.78, 5) is 0. The second-order valence-electron chi connectivity index (χ2n) is 3.98. The summed E-state index contributed by atoms with van der Waals surface area (Å²) in [7, 11) is 1.75. The third-order valence-corrected chi connectivity index (χ3v) is 2.77. The summed E-state index contributed by atoms with van der Waals surface area (Å²) in [5.41, 5.74) is 0. The topological polar surface area (TPSA) is 30.5 Å². The van der Waals surface area contributed by atoms with Crippen molar-refractivity contribution >= 4 is 0 Å². The van der Waals surface area contributed by atoms with Gasteiger partial charge in [-0.1, -0.05) is 0 Å². The maximum absolute atomic E-state index is 11.9. The molecule has 1 saturated heterocycles. The van der Waals surface area contributed by atoms with Gasteiger partial charge in [-0.2, -0.15) is 13.2 Å². The molecule has 1 unspecified atom stereocenters. The third kappa shape index (κ3) is 5.14. The molecule has 0 spiro atoms. The van der Waals surface area contributed by atoms with E-state index in [1.165, 1.54) is 0 Å². The maximum atomic E-state index is 11.9. The van der Waals surface area contributed by atoms with E-state index in [2.05, 4.69) is 10.1 Å². The van der Waals surface area contributed by atoms with Gasteiger partial charge in [0.25, 0.3) is 0 Å². The molecule has 1 fully saturated rings. The summed E-state index contributed by atoms with van der Waals surface area (Å²) in [6, 6.07) is -0.0220. The first kappa shape index (κ1) is 13.7. The quantitative estimate of drug-likeness (QED) is 0.792. The summed E-state index contributed by atoms with van der Waals surface area (Å²) in [5, 5.41) is 3.01. The van der Waals surface area contributed by atoms with Crippen LogP contribution in [0.2, 0.25) is 0 Å². The first-order valence-electron chi connectivity index (χ1n) is 5.42. The smallest absolute Gasteiger partial charge is 0.381 e. The van der Waals surface area contributed by atoms with Crippen LogP contribution in [0.4, 0.5) is 13.2 Å². The van der Waals surface area contributed by atoms with Crippen LogP contribution in [0, 0.1) is 5.92 Å². The number of alkyl halides is 3. The summed E-state index contributed by atoms with van der Waals surface area (Å²) in [5.74, 6) is 0.340. The Kier molecular flexibility index (Phi) is 5.51. The molecule has 0 aliphatic carbocycles. The van der Waals surface area contributed by atoms with Gasteiger partial charge < -0.3 is 14.8 Å². The summed E-state index contributed by atoms with van der Waals surface area (Å²) in [6.45, 7) is 0.291. The van der Waals surface area contributed by atoms with Gasteiger partial charge in [-0.25, -0.2) is 0 Å². The van der Waals surface area contributed by atoms with E-state index in [4.69, 9.17) is 4.74 Å². The zero-order valence-electron chi connectivity index (χ0n) is 9.35. The molecule has 0 aromatic heterocycles. The van der Waals surface area contributed by atoms with Gasteiger partial charge in [0.1, 0.15) is 6.61 Å². The van der Waals surface area contributed by atoms with E-state index < -0.39 is 12.8 Å². The third-order valence-electron chi connectivity index (χ3n) is 2.77. The lowest BCUT2D eigenvalue weighted by atomic mass is 9.92.